The molecule has 0 amide bonds. The van der Waals surface area contributed by atoms with Crippen molar-refractivity contribution in [2.24, 2.45) is 0 Å². The minimum atomic E-state index is 0.556. The second-order valence-electron chi connectivity index (χ2n) is 3.90. The van der Waals surface area contributed by atoms with E-state index in [1.54, 1.807) is 0 Å². The summed E-state index contributed by atoms with van der Waals surface area (Å²) in [6.07, 6.45) is 2.42. The van der Waals surface area contributed by atoms with Crippen molar-refractivity contribution in [1.29, 1.82) is 0 Å². The molecule has 1 saturated carbocycles. The van der Waals surface area contributed by atoms with Crippen molar-refractivity contribution in [3.05, 3.63) is 28.6 Å². The van der Waals surface area contributed by atoms with E-state index in [-0.39, 0.29) is 0 Å². The van der Waals surface area contributed by atoms with Crippen LogP contribution in [0.1, 0.15) is 30.2 Å². The highest BCUT2D eigenvalue weighted by Gasteiger charge is 2.29. The van der Waals surface area contributed by atoms with Gasteiger partial charge in [-0.25, -0.2) is 4.98 Å². The average Bonchev–Trinajstić information content (AvgIpc) is 2.87. The second-order valence-corrected chi connectivity index (χ2v) is 4.33. The Bertz CT molecular complexity index is 499. The lowest BCUT2D eigenvalue weighted by molar-refractivity contribution is 0.531. The number of hydrogen-bond acceptors (Lipinski definition) is 2. The largest absolute Gasteiger partial charge is 0.440 e. The first-order valence-corrected chi connectivity index (χ1v) is 5.18. The van der Waals surface area contributed by atoms with Crippen molar-refractivity contribution in [2.75, 3.05) is 0 Å². The molecular formula is C11H10ClNO. The fraction of sp³-hybridized carbons (Fsp3) is 0.364. The summed E-state index contributed by atoms with van der Waals surface area (Å²) in [6.45, 7) is 2.00. The minimum Gasteiger partial charge on any atom is -0.440 e. The first-order valence-electron chi connectivity index (χ1n) is 4.80. The Labute approximate surface area is 86.9 Å². The Kier molecular flexibility index (Phi) is 1.62. The van der Waals surface area contributed by atoms with Gasteiger partial charge in [0, 0.05) is 10.9 Å². The van der Waals surface area contributed by atoms with Gasteiger partial charge >= 0.3 is 0 Å². The fourth-order valence-corrected chi connectivity index (χ4v) is 1.95. The molecule has 3 heteroatoms. The minimum absolute atomic E-state index is 0.556. The molecule has 72 valence electrons. The van der Waals surface area contributed by atoms with Crippen molar-refractivity contribution < 1.29 is 4.42 Å². The van der Waals surface area contributed by atoms with Crippen molar-refractivity contribution >= 4 is 22.7 Å². The zero-order valence-corrected chi connectivity index (χ0v) is 8.64. The molecule has 0 bridgehead atoms. The number of halogens is 1. The molecule has 14 heavy (non-hydrogen) atoms. The standard InChI is InChI=1S/C11H10ClNO/c1-6-4-8(12)5-9-10(6)14-11(13-9)7-2-3-7/h4-5,7H,2-3H2,1H3. The summed E-state index contributed by atoms with van der Waals surface area (Å²) in [5, 5.41) is 0.727. The molecule has 0 aliphatic heterocycles. The molecule has 0 spiro atoms. The lowest BCUT2D eigenvalue weighted by atomic mass is 10.2. The van der Waals surface area contributed by atoms with Gasteiger partial charge in [0.15, 0.2) is 11.5 Å². The van der Waals surface area contributed by atoms with Crippen LogP contribution in [-0.4, -0.2) is 4.98 Å². The summed E-state index contributed by atoms with van der Waals surface area (Å²) < 4.78 is 5.71. The molecule has 0 radical (unpaired) electrons. The van der Waals surface area contributed by atoms with Gasteiger partial charge in [0.25, 0.3) is 0 Å². The van der Waals surface area contributed by atoms with E-state index in [0.29, 0.717) is 5.92 Å². The summed E-state index contributed by atoms with van der Waals surface area (Å²) >= 11 is 5.95. The lowest BCUT2D eigenvalue weighted by Gasteiger charge is -1.93. The molecule has 1 aliphatic carbocycles. The number of aromatic nitrogens is 1. The van der Waals surface area contributed by atoms with Crippen LogP contribution in [0.3, 0.4) is 0 Å². The SMILES string of the molecule is Cc1cc(Cl)cc2nc(C3CC3)oc12. The van der Waals surface area contributed by atoms with Gasteiger partial charge in [-0.1, -0.05) is 11.6 Å². The Morgan fingerprint density at radius 3 is 2.93 bits per heavy atom. The number of rotatable bonds is 1. The number of aryl methyl sites for hydroxylation is 1. The van der Waals surface area contributed by atoms with Crippen molar-refractivity contribution in [3.63, 3.8) is 0 Å². The molecule has 1 aliphatic rings. The maximum atomic E-state index is 5.95. The highest BCUT2D eigenvalue weighted by atomic mass is 35.5. The van der Waals surface area contributed by atoms with Crippen molar-refractivity contribution in [1.82, 2.24) is 4.98 Å². The van der Waals surface area contributed by atoms with Crippen LogP contribution in [-0.2, 0) is 0 Å². The van der Waals surface area contributed by atoms with Crippen LogP contribution in [0.2, 0.25) is 5.02 Å². The zero-order chi connectivity index (χ0) is 9.71. The Balaban J connectivity index is 2.26. The van der Waals surface area contributed by atoms with Crippen LogP contribution in [0, 0.1) is 6.92 Å². The van der Waals surface area contributed by atoms with E-state index >= 15 is 0 Å². The Morgan fingerprint density at radius 2 is 2.21 bits per heavy atom. The van der Waals surface area contributed by atoms with Crippen LogP contribution in [0.4, 0.5) is 0 Å². The third-order valence-corrected chi connectivity index (χ3v) is 2.80. The van der Waals surface area contributed by atoms with Crippen molar-refractivity contribution in [3.8, 4) is 0 Å². The number of fused-ring (bicyclic) bond motifs is 1. The lowest BCUT2D eigenvalue weighted by Crippen LogP contribution is -1.75. The summed E-state index contributed by atoms with van der Waals surface area (Å²) in [5.41, 5.74) is 2.83. The molecular weight excluding hydrogens is 198 g/mol. The quantitative estimate of drug-likeness (QED) is 0.713. The molecule has 1 aromatic carbocycles. The zero-order valence-electron chi connectivity index (χ0n) is 7.88. The molecule has 1 fully saturated rings. The predicted molar refractivity (Wildman–Crippen MR) is 55.7 cm³/mol. The van der Waals surface area contributed by atoms with Gasteiger partial charge in [-0.15, -0.1) is 0 Å². The highest BCUT2D eigenvalue weighted by Crippen LogP contribution is 2.41. The number of benzene rings is 1. The van der Waals surface area contributed by atoms with E-state index < -0.39 is 0 Å². The molecule has 2 nitrogen and oxygen atoms in total. The molecule has 0 unspecified atom stereocenters. The summed E-state index contributed by atoms with van der Waals surface area (Å²) in [4.78, 5) is 4.45. The third-order valence-electron chi connectivity index (χ3n) is 2.58. The maximum Gasteiger partial charge on any atom is 0.198 e. The molecule has 1 heterocycles. The van der Waals surface area contributed by atoms with Crippen LogP contribution < -0.4 is 0 Å². The number of nitrogens with zero attached hydrogens (tertiary/aromatic N) is 1. The van der Waals surface area contributed by atoms with Gasteiger partial charge in [0.2, 0.25) is 0 Å². The first-order chi connectivity index (χ1) is 6.74. The maximum absolute atomic E-state index is 5.95. The fourth-order valence-electron chi connectivity index (χ4n) is 1.68. The van der Waals surface area contributed by atoms with Gasteiger partial charge in [0.1, 0.15) is 5.52 Å². The number of hydrogen-bond donors (Lipinski definition) is 0. The normalized spacial score (nSPS) is 16.4. The monoisotopic (exact) mass is 207 g/mol. The van der Waals surface area contributed by atoms with Crippen molar-refractivity contribution in [2.45, 2.75) is 25.7 Å². The summed E-state index contributed by atoms with van der Waals surface area (Å²) in [7, 11) is 0. The Hall–Kier alpha value is -1.02. The molecule has 0 atom stereocenters. The van der Waals surface area contributed by atoms with E-state index in [1.807, 2.05) is 19.1 Å². The van der Waals surface area contributed by atoms with Crippen LogP contribution in [0.25, 0.3) is 11.1 Å². The van der Waals surface area contributed by atoms with E-state index in [4.69, 9.17) is 16.0 Å². The summed E-state index contributed by atoms with van der Waals surface area (Å²) in [5.74, 6) is 1.44. The molecule has 3 rings (SSSR count). The topological polar surface area (TPSA) is 26.0 Å². The van der Waals surface area contributed by atoms with E-state index in [9.17, 15) is 0 Å². The first kappa shape index (κ1) is 8.30. The van der Waals surface area contributed by atoms with Gasteiger partial charge in [-0.05, 0) is 37.5 Å². The molecule has 1 aromatic heterocycles. The van der Waals surface area contributed by atoms with E-state index in [2.05, 4.69) is 4.98 Å². The highest BCUT2D eigenvalue weighted by molar-refractivity contribution is 6.31. The van der Waals surface area contributed by atoms with E-state index in [1.165, 1.54) is 12.8 Å². The van der Waals surface area contributed by atoms with Crippen LogP contribution >= 0.6 is 11.6 Å². The summed E-state index contributed by atoms with van der Waals surface area (Å²) in [6, 6.07) is 3.77. The third kappa shape index (κ3) is 1.22. The van der Waals surface area contributed by atoms with E-state index in [0.717, 1.165) is 27.6 Å². The van der Waals surface area contributed by atoms with Gasteiger partial charge in [0.05, 0.1) is 0 Å². The van der Waals surface area contributed by atoms with Crippen LogP contribution in [0.15, 0.2) is 16.5 Å². The van der Waals surface area contributed by atoms with Gasteiger partial charge < -0.3 is 4.42 Å². The van der Waals surface area contributed by atoms with Crippen LogP contribution in [0.5, 0.6) is 0 Å². The van der Waals surface area contributed by atoms with Gasteiger partial charge in [-0.2, -0.15) is 0 Å². The van der Waals surface area contributed by atoms with Gasteiger partial charge in [-0.3, -0.25) is 0 Å². The molecule has 0 N–H and O–H groups in total. The Morgan fingerprint density at radius 1 is 1.43 bits per heavy atom. The number of oxazole rings is 1. The molecule has 2 aromatic rings. The predicted octanol–water partition coefficient (Wildman–Crippen LogP) is 3.67. The smallest absolute Gasteiger partial charge is 0.198 e. The molecule has 0 saturated heterocycles. The second kappa shape index (κ2) is 2.74. The average molecular weight is 208 g/mol.